The van der Waals surface area contributed by atoms with Crippen molar-refractivity contribution in [2.45, 2.75) is 51.9 Å². The Morgan fingerprint density at radius 1 is 1.25 bits per heavy atom. The van der Waals surface area contributed by atoms with Crippen LogP contribution in [0.1, 0.15) is 51.9 Å². The van der Waals surface area contributed by atoms with Crippen LogP contribution in [0.2, 0.25) is 0 Å². The van der Waals surface area contributed by atoms with Gasteiger partial charge in [0, 0.05) is 0 Å². The van der Waals surface area contributed by atoms with Gasteiger partial charge in [0.15, 0.2) is 0 Å². The predicted octanol–water partition coefficient (Wildman–Crippen LogP) is 3.95. The fourth-order valence-corrected chi connectivity index (χ4v) is 2.30. The lowest BCUT2D eigenvalue weighted by Crippen LogP contribution is -2.10. The molecule has 0 amide bonds. The van der Waals surface area contributed by atoms with Gasteiger partial charge < -0.3 is 0 Å². The SMILES string of the molecule is CC(CCF)CC1CCCCC1. The minimum atomic E-state index is -0.131. The van der Waals surface area contributed by atoms with Crippen molar-refractivity contribution in [3.63, 3.8) is 0 Å². The second-order valence-electron chi connectivity index (χ2n) is 4.32. The van der Waals surface area contributed by atoms with E-state index in [1.165, 1.54) is 38.5 Å². The summed E-state index contributed by atoms with van der Waals surface area (Å²) in [7, 11) is 0. The van der Waals surface area contributed by atoms with Crippen LogP contribution in [0.4, 0.5) is 4.39 Å². The molecule has 1 aliphatic rings. The average molecular weight is 172 g/mol. The summed E-state index contributed by atoms with van der Waals surface area (Å²) >= 11 is 0. The molecule has 0 bridgehead atoms. The van der Waals surface area contributed by atoms with E-state index in [4.69, 9.17) is 0 Å². The van der Waals surface area contributed by atoms with Crippen LogP contribution >= 0.6 is 0 Å². The largest absolute Gasteiger partial charge is 0.251 e. The molecule has 1 aliphatic carbocycles. The Morgan fingerprint density at radius 3 is 2.50 bits per heavy atom. The molecular weight excluding hydrogens is 151 g/mol. The molecular formula is C11H21F. The zero-order chi connectivity index (χ0) is 8.81. The van der Waals surface area contributed by atoms with Crippen molar-refractivity contribution in [1.29, 1.82) is 0 Å². The summed E-state index contributed by atoms with van der Waals surface area (Å²) in [4.78, 5) is 0. The molecule has 0 nitrogen and oxygen atoms in total. The highest BCUT2D eigenvalue weighted by Crippen LogP contribution is 2.29. The summed E-state index contributed by atoms with van der Waals surface area (Å²) in [6.45, 7) is 2.06. The van der Waals surface area contributed by atoms with Gasteiger partial charge in [0.25, 0.3) is 0 Å². The fourth-order valence-electron chi connectivity index (χ4n) is 2.30. The van der Waals surface area contributed by atoms with E-state index in [0.717, 1.165) is 12.3 Å². The maximum Gasteiger partial charge on any atom is 0.0897 e. The summed E-state index contributed by atoms with van der Waals surface area (Å²) in [5, 5.41) is 0. The van der Waals surface area contributed by atoms with E-state index >= 15 is 0 Å². The van der Waals surface area contributed by atoms with Crippen LogP contribution in [0.5, 0.6) is 0 Å². The van der Waals surface area contributed by atoms with E-state index in [1.807, 2.05) is 0 Å². The van der Waals surface area contributed by atoms with Crippen LogP contribution in [0.25, 0.3) is 0 Å². The molecule has 0 aliphatic heterocycles. The first-order chi connectivity index (χ1) is 5.83. The summed E-state index contributed by atoms with van der Waals surface area (Å²) in [5.74, 6) is 1.53. The molecule has 1 atom stereocenters. The third-order valence-corrected chi connectivity index (χ3v) is 3.06. The van der Waals surface area contributed by atoms with Gasteiger partial charge in [-0.25, -0.2) is 0 Å². The Morgan fingerprint density at radius 2 is 1.92 bits per heavy atom. The Bertz CT molecular complexity index is 106. The van der Waals surface area contributed by atoms with E-state index in [2.05, 4.69) is 6.92 Å². The van der Waals surface area contributed by atoms with Crippen LogP contribution in [-0.2, 0) is 0 Å². The molecule has 1 heteroatoms. The molecule has 1 fully saturated rings. The highest BCUT2D eigenvalue weighted by atomic mass is 19.1. The normalized spacial score (nSPS) is 22.5. The topological polar surface area (TPSA) is 0 Å². The van der Waals surface area contributed by atoms with Gasteiger partial charge in [-0.2, -0.15) is 0 Å². The highest BCUT2D eigenvalue weighted by molar-refractivity contribution is 4.68. The second-order valence-corrected chi connectivity index (χ2v) is 4.32. The van der Waals surface area contributed by atoms with Crippen LogP contribution < -0.4 is 0 Å². The minimum Gasteiger partial charge on any atom is -0.251 e. The molecule has 72 valence electrons. The molecule has 12 heavy (non-hydrogen) atoms. The molecule has 0 aromatic carbocycles. The molecule has 0 aromatic rings. The Labute approximate surface area is 75.5 Å². The zero-order valence-electron chi connectivity index (χ0n) is 8.19. The number of alkyl halides is 1. The lowest BCUT2D eigenvalue weighted by atomic mass is 9.82. The first-order valence-corrected chi connectivity index (χ1v) is 5.39. The number of halogens is 1. The standard InChI is InChI=1S/C11H21F/c1-10(7-8-12)9-11-5-3-2-4-6-11/h10-11H,2-9H2,1H3. The Balaban J connectivity index is 2.11. The zero-order valence-corrected chi connectivity index (χ0v) is 8.19. The van der Waals surface area contributed by atoms with Gasteiger partial charge in [-0.05, 0) is 24.7 Å². The van der Waals surface area contributed by atoms with Crippen molar-refractivity contribution in [2.75, 3.05) is 6.67 Å². The van der Waals surface area contributed by atoms with Gasteiger partial charge in [0.1, 0.15) is 0 Å². The summed E-state index contributed by atoms with van der Waals surface area (Å²) in [6.07, 6.45) is 9.09. The maximum absolute atomic E-state index is 12.0. The van der Waals surface area contributed by atoms with Gasteiger partial charge in [-0.1, -0.05) is 39.0 Å². The predicted molar refractivity (Wildman–Crippen MR) is 50.9 cm³/mol. The number of hydrogen-bond acceptors (Lipinski definition) is 0. The number of hydrogen-bond donors (Lipinski definition) is 0. The third kappa shape index (κ3) is 3.55. The van der Waals surface area contributed by atoms with E-state index in [0.29, 0.717) is 5.92 Å². The van der Waals surface area contributed by atoms with Gasteiger partial charge >= 0.3 is 0 Å². The molecule has 0 saturated heterocycles. The summed E-state index contributed by atoms with van der Waals surface area (Å²) < 4.78 is 12.0. The van der Waals surface area contributed by atoms with Crippen LogP contribution in [0.3, 0.4) is 0 Å². The molecule has 1 rings (SSSR count). The molecule has 1 saturated carbocycles. The van der Waals surface area contributed by atoms with Gasteiger partial charge in [0.2, 0.25) is 0 Å². The fraction of sp³-hybridized carbons (Fsp3) is 1.00. The molecule has 0 radical (unpaired) electrons. The van der Waals surface area contributed by atoms with Crippen molar-refractivity contribution in [3.8, 4) is 0 Å². The lowest BCUT2D eigenvalue weighted by Gasteiger charge is -2.24. The van der Waals surface area contributed by atoms with Crippen LogP contribution in [0.15, 0.2) is 0 Å². The smallest absolute Gasteiger partial charge is 0.0897 e. The third-order valence-electron chi connectivity index (χ3n) is 3.06. The van der Waals surface area contributed by atoms with Crippen molar-refractivity contribution >= 4 is 0 Å². The molecule has 0 spiro atoms. The lowest BCUT2D eigenvalue weighted by molar-refractivity contribution is 0.276. The van der Waals surface area contributed by atoms with Gasteiger partial charge in [-0.3, -0.25) is 4.39 Å². The van der Waals surface area contributed by atoms with E-state index < -0.39 is 0 Å². The molecule has 0 aromatic heterocycles. The van der Waals surface area contributed by atoms with E-state index in [1.54, 1.807) is 0 Å². The molecule has 0 heterocycles. The highest BCUT2D eigenvalue weighted by Gasteiger charge is 2.15. The van der Waals surface area contributed by atoms with Crippen molar-refractivity contribution < 1.29 is 4.39 Å². The van der Waals surface area contributed by atoms with Crippen molar-refractivity contribution in [1.82, 2.24) is 0 Å². The second kappa shape index (κ2) is 5.55. The first kappa shape index (κ1) is 10.0. The van der Waals surface area contributed by atoms with Crippen LogP contribution in [-0.4, -0.2) is 6.67 Å². The minimum absolute atomic E-state index is 0.131. The van der Waals surface area contributed by atoms with Crippen molar-refractivity contribution in [2.24, 2.45) is 11.8 Å². The molecule has 1 unspecified atom stereocenters. The van der Waals surface area contributed by atoms with Crippen molar-refractivity contribution in [3.05, 3.63) is 0 Å². The van der Waals surface area contributed by atoms with Crippen LogP contribution in [0, 0.1) is 11.8 Å². The van der Waals surface area contributed by atoms with E-state index in [9.17, 15) is 4.39 Å². The number of rotatable bonds is 4. The Hall–Kier alpha value is -0.0700. The van der Waals surface area contributed by atoms with Gasteiger partial charge in [0.05, 0.1) is 6.67 Å². The molecule has 0 N–H and O–H groups in total. The monoisotopic (exact) mass is 172 g/mol. The van der Waals surface area contributed by atoms with Gasteiger partial charge in [-0.15, -0.1) is 0 Å². The Kier molecular flexibility index (Phi) is 4.63. The van der Waals surface area contributed by atoms with E-state index in [-0.39, 0.29) is 6.67 Å². The summed E-state index contributed by atoms with van der Waals surface area (Å²) in [6, 6.07) is 0. The maximum atomic E-state index is 12.0. The first-order valence-electron chi connectivity index (χ1n) is 5.39. The summed E-state index contributed by atoms with van der Waals surface area (Å²) in [5.41, 5.74) is 0. The average Bonchev–Trinajstić information content (AvgIpc) is 2.06. The quantitative estimate of drug-likeness (QED) is 0.602.